The van der Waals surface area contributed by atoms with Gasteiger partial charge in [0.25, 0.3) is 5.91 Å². The second-order valence-corrected chi connectivity index (χ2v) is 4.99. The standard InChI is InChI=1S/C14H16N6O2/c1-8-14(9(2)20(3)18-8)22-7-13(21)15-10-4-5-11-12(6-10)17-19-16-11/h4-6H,7H2,1-3H3,(H,15,21)(H,16,17,19). The number of hydrogen-bond donors (Lipinski definition) is 2. The van der Waals surface area contributed by atoms with Crippen LogP contribution in [0.4, 0.5) is 5.69 Å². The molecule has 0 spiro atoms. The highest BCUT2D eigenvalue weighted by atomic mass is 16.5. The number of nitrogens with zero attached hydrogens (tertiary/aromatic N) is 4. The predicted octanol–water partition coefficient (Wildman–Crippen LogP) is 1.33. The van der Waals surface area contributed by atoms with E-state index < -0.39 is 0 Å². The zero-order valence-corrected chi connectivity index (χ0v) is 12.5. The van der Waals surface area contributed by atoms with Gasteiger partial charge in [-0.15, -0.1) is 0 Å². The highest BCUT2D eigenvalue weighted by Crippen LogP contribution is 2.21. The summed E-state index contributed by atoms with van der Waals surface area (Å²) < 4.78 is 7.29. The molecule has 8 nitrogen and oxygen atoms in total. The SMILES string of the molecule is Cc1nn(C)c(C)c1OCC(=O)Nc1ccc2n[nH]nc2c1. The third-order valence-electron chi connectivity index (χ3n) is 3.39. The number of aromatic amines is 1. The minimum absolute atomic E-state index is 0.0791. The van der Waals surface area contributed by atoms with Gasteiger partial charge in [0.1, 0.15) is 16.7 Å². The van der Waals surface area contributed by atoms with Gasteiger partial charge in [0.2, 0.25) is 0 Å². The van der Waals surface area contributed by atoms with E-state index in [0.717, 1.165) is 16.9 Å². The summed E-state index contributed by atoms with van der Waals surface area (Å²) in [7, 11) is 1.84. The Morgan fingerprint density at radius 1 is 1.32 bits per heavy atom. The zero-order valence-electron chi connectivity index (χ0n) is 12.5. The van der Waals surface area contributed by atoms with E-state index in [9.17, 15) is 4.79 Å². The van der Waals surface area contributed by atoms with E-state index in [2.05, 4.69) is 25.8 Å². The lowest BCUT2D eigenvalue weighted by molar-refractivity contribution is -0.118. The van der Waals surface area contributed by atoms with Crippen molar-refractivity contribution in [2.45, 2.75) is 13.8 Å². The summed E-state index contributed by atoms with van der Waals surface area (Å²) in [6.07, 6.45) is 0. The molecule has 8 heteroatoms. The molecule has 3 rings (SSSR count). The van der Waals surface area contributed by atoms with Gasteiger partial charge in [-0.05, 0) is 32.0 Å². The van der Waals surface area contributed by atoms with Gasteiger partial charge in [-0.25, -0.2) is 0 Å². The molecular formula is C14H16N6O2. The lowest BCUT2D eigenvalue weighted by atomic mass is 10.3. The molecule has 2 heterocycles. The quantitative estimate of drug-likeness (QED) is 0.757. The number of anilines is 1. The Morgan fingerprint density at radius 2 is 2.09 bits per heavy atom. The molecule has 22 heavy (non-hydrogen) atoms. The van der Waals surface area contributed by atoms with Crippen LogP contribution in [0.3, 0.4) is 0 Å². The molecule has 0 saturated carbocycles. The average molecular weight is 300 g/mol. The van der Waals surface area contributed by atoms with Crippen molar-refractivity contribution in [3.63, 3.8) is 0 Å². The third kappa shape index (κ3) is 2.62. The van der Waals surface area contributed by atoms with Gasteiger partial charge in [0.15, 0.2) is 12.4 Å². The Kier molecular flexibility index (Phi) is 3.50. The summed E-state index contributed by atoms with van der Waals surface area (Å²) >= 11 is 0. The number of amides is 1. The van der Waals surface area contributed by atoms with Crippen LogP contribution in [0, 0.1) is 13.8 Å². The smallest absolute Gasteiger partial charge is 0.262 e. The molecule has 114 valence electrons. The number of hydrogen-bond acceptors (Lipinski definition) is 5. The number of nitrogens with one attached hydrogen (secondary N) is 2. The molecule has 0 aliphatic heterocycles. The highest BCUT2D eigenvalue weighted by molar-refractivity contribution is 5.93. The topological polar surface area (TPSA) is 97.7 Å². The molecule has 0 unspecified atom stereocenters. The van der Waals surface area contributed by atoms with E-state index in [1.807, 2.05) is 20.9 Å². The summed E-state index contributed by atoms with van der Waals surface area (Å²) in [4.78, 5) is 12.0. The van der Waals surface area contributed by atoms with Gasteiger partial charge in [-0.1, -0.05) is 0 Å². The van der Waals surface area contributed by atoms with Gasteiger partial charge in [-0.3, -0.25) is 9.48 Å². The first-order chi connectivity index (χ1) is 10.5. The first kappa shape index (κ1) is 14.1. The average Bonchev–Trinajstić information content (AvgIpc) is 3.02. The molecule has 3 aromatic rings. The van der Waals surface area contributed by atoms with Crippen molar-refractivity contribution in [2.75, 3.05) is 11.9 Å². The summed E-state index contributed by atoms with van der Waals surface area (Å²) in [6.45, 7) is 3.66. The molecule has 0 atom stereocenters. The second kappa shape index (κ2) is 5.47. The van der Waals surface area contributed by atoms with E-state index >= 15 is 0 Å². The van der Waals surface area contributed by atoms with E-state index in [-0.39, 0.29) is 12.5 Å². The summed E-state index contributed by atoms with van der Waals surface area (Å²) in [5, 5.41) is 17.5. The molecular weight excluding hydrogens is 284 g/mol. The number of H-pyrrole nitrogens is 1. The van der Waals surface area contributed by atoms with Crippen LogP contribution in [-0.2, 0) is 11.8 Å². The molecule has 2 N–H and O–H groups in total. The minimum Gasteiger partial charge on any atom is -0.480 e. The van der Waals surface area contributed by atoms with Crippen LogP contribution in [0.25, 0.3) is 11.0 Å². The van der Waals surface area contributed by atoms with Crippen molar-refractivity contribution in [3.8, 4) is 5.75 Å². The minimum atomic E-state index is -0.245. The fourth-order valence-corrected chi connectivity index (χ4v) is 2.22. The second-order valence-electron chi connectivity index (χ2n) is 4.99. The van der Waals surface area contributed by atoms with Crippen LogP contribution in [-0.4, -0.2) is 37.7 Å². The maximum Gasteiger partial charge on any atom is 0.262 e. The number of rotatable bonds is 4. The lowest BCUT2D eigenvalue weighted by Gasteiger charge is -2.07. The molecule has 0 radical (unpaired) electrons. The molecule has 0 fully saturated rings. The maximum absolute atomic E-state index is 12.0. The van der Waals surface area contributed by atoms with Gasteiger partial charge in [0.05, 0.1) is 5.69 Å². The third-order valence-corrected chi connectivity index (χ3v) is 3.39. The van der Waals surface area contributed by atoms with Crippen molar-refractivity contribution >= 4 is 22.6 Å². The van der Waals surface area contributed by atoms with Gasteiger partial charge < -0.3 is 10.1 Å². The van der Waals surface area contributed by atoms with Crippen LogP contribution in [0.1, 0.15) is 11.4 Å². The van der Waals surface area contributed by atoms with Gasteiger partial charge in [0, 0.05) is 12.7 Å². The Labute approximate surface area is 126 Å². The van der Waals surface area contributed by atoms with E-state index in [4.69, 9.17) is 4.74 Å². The monoisotopic (exact) mass is 300 g/mol. The summed E-state index contributed by atoms with van der Waals surface area (Å²) in [5.41, 5.74) is 3.73. The Hall–Kier alpha value is -2.90. The molecule has 2 aromatic heterocycles. The number of aryl methyl sites for hydroxylation is 2. The van der Waals surface area contributed by atoms with Crippen molar-refractivity contribution in [2.24, 2.45) is 7.05 Å². The van der Waals surface area contributed by atoms with Gasteiger partial charge in [-0.2, -0.15) is 20.5 Å². The van der Waals surface area contributed by atoms with Crippen LogP contribution >= 0.6 is 0 Å². The number of benzene rings is 1. The van der Waals surface area contributed by atoms with Crippen LogP contribution in [0.15, 0.2) is 18.2 Å². The molecule has 0 saturated heterocycles. The molecule has 0 bridgehead atoms. The van der Waals surface area contributed by atoms with Crippen molar-refractivity contribution in [1.82, 2.24) is 25.2 Å². The highest BCUT2D eigenvalue weighted by Gasteiger charge is 2.12. The van der Waals surface area contributed by atoms with E-state index in [0.29, 0.717) is 17.0 Å². The van der Waals surface area contributed by atoms with E-state index in [1.165, 1.54) is 0 Å². The number of carbonyl (C=O) groups excluding carboxylic acids is 1. The van der Waals surface area contributed by atoms with E-state index in [1.54, 1.807) is 22.9 Å². The fraction of sp³-hybridized carbons (Fsp3) is 0.286. The van der Waals surface area contributed by atoms with Crippen LogP contribution < -0.4 is 10.1 Å². The first-order valence-corrected chi connectivity index (χ1v) is 6.78. The maximum atomic E-state index is 12.0. The first-order valence-electron chi connectivity index (χ1n) is 6.78. The number of carbonyl (C=O) groups is 1. The van der Waals surface area contributed by atoms with Crippen LogP contribution in [0.2, 0.25) is 0 Å². The van der Waals surface area contributed by atoms with Crippen molar-refractivity contribution < 1.29 is 9.53 Å². The number of fused-ring (bicyclic) bond motifs is 1. The molecule has 1 aromatic carbocycles. The fourth-order valence-electron chi connectivity index (χ4n) is 2.22. The predicted molar refractivity (Wildman–Crippen MR) is 80.7 cm³/mol. The largest absolute Gasteiger partial charge is 0.480 e. The molecule has 0 aliphatic rings. The van der Waals surface area contributed by atoms with Crippen LogP contribution in [0.5, 0.6) is 5.75 Å². The van der Waals surface area contributed by atoms with Crippen molar-refractivity contribution in [3.05, 3.63) is 29.6 Å². The lowest BCUT2D eigenvalue weighted by Crippen LogP contribution is -2.20. The zero-order chi connectivity index (χ0) is 15.7. The summed E-state index contributed by atoms with van der Waals surface area (Å²) in [5.74, 6) is 0.398. The molecule has 1 amide bonds. The Morgan fingerprint density at radius 3 is 2.82 bits per heavy atom. The normalized spacial score (nSPS) is 10.9. The molecule has 0 aliphatic carbocycles. The Bertz CT molecular complexity index is 835. The van der Waals surface area contributed by atoms with Crippen molar-refractivity contribution in [1.29, 1.82) is 0 Å². The Balaban J connectivity index is 1.64. The number of ether oxygens (including phenoxy) is 1. The van der Waals surface area contributed by atoms with Gasteiger partial charge >= 0.3 is 0 Å². The number of aromatic nitrogens is 5. The summed E-state index contributed by atoms with van der Waals surface area (Å²) in [6, 6.07) is 5.30.